The van der Waals surface area contributed by atoms with Crippen LogP contribution < -0.4 is 16.2 Å². The lowest BCUT2D eigenvalue weighted by atomic mass is 10.3. The van der Waals surface area contributed by atoms with E-state index >= 15 is 0 Å². The van der Waals surface area contributed by atoms with E-state index in [1.165, 1.54) is 18.2 Å². The van der Waals surface area contributed by atoms with Crippen molar-refractivity contribution in [1.29, 1.82) is 0 Å². The molecule has 1 aromatic heterocycles. The molecule has 9 heteroatoms. The summed E-state index contributed by atoms with van der Waals surface area (Å²) in [6.45, 7) is 1.66. The van der Waals surface area contributed by atoms with E-state index in [0.29, 0.717) is 16.4 Å². The maximum absolute atomic E-state index is 12.2. The molecule has 2 rings (SSSR count). The molecule has 0 unspecified atom stereocenters. The van der Waals surface area contributed by atoms with Gasteiger partial charge in [-0.1, -0.05) is 11.6 Å². The van der Waals surface area contributed by atoms with Crippen LogP contribution in [0.3, 0.4) is 0 Å². The van der Waals surface area contributed by atoms with Gasteiger partial charge in [-0.2, -0.15) is 0 Å². The maximum atomic E-state index is 12.2. The minimum absolute atomic E-state index is 0.0118. The number of hydrogen-bond donors (Lipinski definition) is 2. The topological polar surface area (TPSA) is 101 Å². The molecule has 0 spiro atoms. The van der Waals surface area contributed by atoms with Gasteiger partial charge in [0.2, 0.25) is 5.28 Å². The lowest BCUT2D eigenvalue weighted by molar-refractivity contribution is 0.0945. The molecule has 2 aromatic rings. The number of nitrogens with zero attached hydrogens (tertiary/aromatic N) is 3. The first-order valence-electron chi connectivity index (χ1n) is 6.04. The van der Waals surface area contributed by atoms with Crippen LogP contribution in [0.1, 0.15) is 16.2 Å². The SMILES string of the molecule is Cc1cc(C(=O)NN(C(N)=O)c2ccc(Cl)cc2)nc(Cl)n1. The molecule has 7 nitrogen and oxygen atoms in total. The molecule has 0 aliphatic rings. The second-order valence-corrected chi connectivity index (χ2v) is 5.03. The molecule has 0 radical (unpaired) electrons. The van der Waals surface area contributed by atoms with Crippen LogP contribution in [-0.4, -0.2) is 21.9 Å². The number of anilines is 1. The largest absolute Gasteiger partial charge is 0.350 e. The monoisotopic (exact) mass is 339 g/mol. The van der Waals surface area contributed by atoms with E-state index in [1.807, 2.05) is 0 Å². The number of aromatic nitrogens is 2. The van der Waals surface area contributed by atoms with Crippen LogP contribution in [0.2, 0.25) is 10.3 Å². The van der Waals surface area contributed by atoms with Gasteiger partial charge in [0.15, 0.2) is 0 Å². The molecule has 0 saturated carbocycles. The van der Waals surface area contributed by atoms with Gasteiger partial charge in [0.05, 0.1) is 5.69 Å². The Labute approximate surface area is 136 Å². The van der Waals surface area contributed by atoms with Crippen molar-refractivity contribution in [2.24, 2.45) is 5.73 Å². The molecule has 0 saturated heterocycles. The van der Waals surface area contributed by atoms with E-state index in [2.05, 4.69) is 15.4 Å². The van der Waals surface area contributed by atoms with Crippen molar-refractivity contribution in [3.05, 3.63) is 52.0 Å². The number of halogens is 2. The number of amides is 3. The molecular weight excluding hydrogens is 329 g/mol. The fraction of sp³-hybridized carbons (Fsp3) is 0.0769. The smallest absolute Gasteiger partial charge is 0.338 e. The van der Waals surface area contributed by atoms with Gasteiger partial charge < -0.3 is 5.73 Å². The van der Waals surface area contributed by atoms with Gasteiger partial charge in [0.25, 0.3) is 5.91 Å². The van der Waals surface area contributed by atoms with Gasteiger partial charge in [-0.25, -0.2) is 19.8 Å². The Morgan fingerprint density at radius 2 is 1.82 bits per heavy atom. The number of urea groups is 1. The van der Waals surface area contributed by atoms with E-state index < -0.39 is 11.9 Å². The van der Waals surface area contributed by atoms with Gasteiger partial charge in [-0.3, -0.25) is 10.2 Å². The second-order valence-electron chi connectivity index (χ2n) is 4.25. The highest BCUT2D eigenvalue weighted by molar-refractivity contribution is 6.30. The summed E-state index contributed by atoms with van der Waals surface area (Å²) < 4.78 is 0. The van der Waals surface area contributed by atoms with Crippen LogP contribution in [0.15, 0.2) is 30.3 Å². The molecule has 3 N–H and O–H groups in total. The molecule has 0 aliphatic heterocycles. The zero-order valence-corrected chi connectivity index (χ0v) is 12.9. The van der Waals surface area contributed by atoms with Gasteiger partial charge in [-0.15, -0.1) is 0 Å². The van der Waals surface area contributed by atoms with Crippen molar-refractivity contribution in [1.82, 2.24) is 15.4 Å². The molecule has 22 heavy (non-hydrogen) atoms. The zero-order chi connectivity index (χ0) is 16.3. The van der Waals surface area contributed by atoms with E-state index in [9.17, 15) is 9.59 Å². The highest BCUT2D eigenvalue weighted by Crippen LogP contribution is 2.17. The molecule has 1 heterocycles. The number of benzene rings is 1. The first kappa shape index (κ1) is 16.0. The summed E-state index contributed by atoms with van der Waals surface area (Å²) in [5.74, 6) is -0.652. The Morgan fingerprint density at radius 1 is 1.18 bits per heavy atom. The van der Waals surface area contributed by atoms with Gasteiger partial charge >= 0.3 is 6.03 Å². The first-order valence-corrected chi connectivity index (χ1v) is 6.79. The predicted molar refractivity (Wildman–Crippen MR) is 82.8 cm³/mol. The highest BCUT2D eigenvalue weighted by atomic mass is 35.5. The van der Waals surface area contributed by atoms with Crippen LogP contribution in [0.5, 0.6) is 0 Å². The number of nitrogens with two attached hydrogens (primary N) is 1. The van der Waals surface area contributed by atoms with Crippen LogP contribution >= 0.6 is 23.2 Å². The van der Waals surface area contributed by atoms with E-state index in [4.69, 9.17) is 28.9 Å². The molecular formula is C13H11Cl2N5O2. The third-order valence-electron chi connectivity index (χ3n) is 2.58. The lowest BCUT2D eigenvalue weighted by Crippen LogP contribution is -2.49. The Bertz CT molecular complexity index is 701. The molecule has 114 valence electrons. The van der Waals surface area contributed by atoms with Crippen molar-refractivity contribution in [2.75, 3.05) is 5.01 Å². The fourth-order valence-corrected chi connectivity index (χ4v) is 1.99. The van der Waals surface area contributed by atoms with Gasteiger partial charge in [-0.05, 0) is 48.9 Å². The summed E-state index contributed by atoms with van der Waals surface area (Å²) in [6, 6.07) is 6.75. The average Bonchev–Trinajstić information content (AvgIpc) is 2.44. The Hall–Kier alpha value is -2.38. The molecule has 0 atom stereocenters. The number of carbonyl (C=O) groups is 2. The van der Waals surface area contributed by atoms with Crippen LogP contribution in [0.25, 0.3) is 0 Å². The van der Waals surface area contributed by atoms with Gasteiger partial charge in [0, 0.05) is 10.7 Å². The number of carbonyl (C=O) groups excluding carboxylic acids is 2. The maximum Gasteiger partial charge on any atom is 0.338 e. The number of aryl methyl sites for hydroxylation is 1. The molecule has 0 bridgehead atoms. The zero-order valence-electron chi connectivity index (χ0n) is 11.4. The summed E-state index contributed by atoms with van der Waals surface area (Å²) >= 11 is 11.5. The average molecular weight is 340 g/mol. The Morgan fingerprint density at radius 3 is 2.36 bits per heavy atom. The predicted octanol–water partition coefficient (Wildman–Crippen LogP) is 2.32. The van der Waals surface area contributed by atoms with Gasteiger partial charge in [0.1, 0.15) is 5.69 Å². The van der Waals surface area contributed by atoms with Crippen molar-refractivity contribution >= 4 is 40.8 Å². The lowest BCUT2D eigenvalue weighted by Gasteiger charge is -2.21. The number of rotatable bonds is 2. The quantitative estimate of drug-likeness (QED) is 0.647. The molecule has 3 amide bonds. The Kier molecular flexibility index (Phi) is 4.79. The molecule has 0 fully saturated rings. The standard InChI is InChI=1S/C13H11Cl2N5O2/c1-7-6-10(18-12(15)17-7)11(21)19-20(13(16)22)9-4-2-8(14)3-5-9/h2-6H,1H3,(H2,16,22)(H,19,21). The van der Waals surface area contributed by atoms with Crippen molar-refractivity contribution in [3.63, 3.8) is 0 Å². The normalized spacial score (nSPS) is 10.1. The van der Waals surface area contributed by atoms with Crippen LogP contribution in [0.4, 0.5) is 10.5 Å². The number of hydrazine groups is 1. The van der Waals surface area contributed by atoms with Crippen LogP contribution in [-0.2, 0) is 0 Å². The number of nitrogens with one attached hydrogen (secondary N) is 1. The van der Waals surface area contributed by atoms with E-state index in [0.717, 1.165) is 5.01 Å². The van der Waals surface area contributed by atoms with Crippen LogP contribution in [0, 0.1) is 6.92 Å². The summed E-state index contributed by atoms with van der Waals surface area (Å²) in [6.07, 6.45) is 0. The fourth-order valence-electron chi connectivity index (χ4n) is 1.64. The summed E-state index contributed by atoms with van der Waals surface area (Å²) in [5.41, 5.74) is 8.50. The molecule has 0 aliphatic carbocycles. The second kappa shape index (κ2) is 6.59. The summed E-state index contributed by atoms with van der Waals surface area (Å²) in [5, 5.41) is 1.30. The molecule has 1 aromatic carbocycles. The number of hydrogen-bond acceptors (Lipinski definition) is 4. The number of primary amides is 1. The van der Waals surface area contributed by atoms with E-state index in [1.54, 1.807) is 19.1 Å². The minimum atomic E-state index is -0.868. The Balaban J connectivity index is 2.26. The third-order valence-corrected chi connectivity index (χ3v) is 3.00. The van der Waals surface area contributed by atoms with Crippen molar-refractivity contribution in [2.45, 2.75) is 6.92 Å². The highest BCUT2D eigenvalue weighted by Gasteiger charge is 2.18. The van der Waals surface area contributed by atoms with Crippen molar-refractivity contribution < 1.29 is 9.59 Å². The van der Waals surface area contributed by atoms with E-state index in [-0.39, 0.29) is 11.0 Å². The summed E-state index contributed by atoms with van der Waals surface area (Å²) in [7, 11) is 0. The first-order chi connectivity index (χ1) is 10.4. The third kappa shape index (κ3) is 3.84. The minimum Gasteiger partial charge on any atom is -0.350 e. The summed E-state index contributed by atoms with van der Waals surface area (Å²) in [4.78, 5) is 31.3. The van der Waals surface area contributed by atoms with Crippen molar-refractivity contribution in [3.8, 4) is 0 Å².